The highest BCUT2D eigenvalue weighted by Gasteiger charge is 2.26. The predicted molar refractivity (Wildman–Crippen MR) is 270 cm³/mol. The first-order valence-electron chi connectivity index (χ1n) is 21.7. The molecule has 0 bridgehead atoms. The first kappa shape index (κ1) is 36.5. The fourth-order valence-corrected chi connectivity index (χ4v) is 11.0. The first-order valence-corrected chi connectivity index (χ1v) is 22.5. The number of nitrogens with zero attached hydrogens (tertiary/aromatic N) is 1. The van der Waals surface area contributed by atoms with Crippen LogP contribution in [0.4, 0.5) is 17.1 Å². The Morgan fingerprint density at radius 2 is 0.922 bits per heavy atom. The Balaban J connectivity index is 1.12. The Morgan fingerprint density at radius 3 is 1.67 bits per heavy atom. The number of benzene rings is 10. The van der Waals surface area contributed by atoms with Crippen molar-refractivity contribution >= 4 is 92.4 Å². The van der Waals surface area contributed by atoms with Crippen molar-refractivity contribution in [3.05, 3.63) is 224 Å². The zero-order valence-electron chi connectivity index (χ0n) is 34.5. The molecule has 13 rings (SSSR count). The standard InChI is InChI=1S/C60H37NO2S/c1-5-16-38(17-6-1)42-28-30-47-56(36-42)64-60-45(40-20-9-3-10-21-40)31-32-51(59(47)60)61(50-25-15-27-54-58(50)46-24-13-14-26-52(46)62-54)44-29-33-53-49(37-44)57-48(41-22-11-4-12-23-41)34-43(35-55(57)63-53)39-18-7-2-8-19-39/h1-37H. The van der Waals surface area contributed by atoms with Crippen LogP contribution in [-0.2, 0) is 0 Å². The van der Waals surface area contributed by atoms with Crippen LogP contribution >= 0.6 is 11.3 Å². The van der Waals surface area contributed by atoms with Crippen molar-refractivity contribution in [2.45, 2.75) is 0 Å². The minimum absolute atomic E-state index is 0.840. The van der Waals surface area contributed by atoms with Gasteiger partial charge in [0.1, 0.15) is 22.3 Å². The monoisotopic (exact) mass is 835 g/mol. The molecular weight excluding hydrogens is 799 g/mol. The van der Waals surface area contributed by atoms with E-state index in [2.05, 4.69) is 223 Å². The van der Waals surface area contributed by atoms with Crippen molar-refractivity contribution in [2.75, 3.05) is 4.90 Å². The normalized spacial score (nSPS) is 11.8. The summed E-state index contributed by atoms with van der Waals surface area (Å²) in [6, 6.07) is 80.3. The molecule has 3 nitrogen and oxygen atoms in total. The number of rotatable bonds is 7. The second-order valence-electron chi connectivity index (χ2n) is 16.4. The van der Waals surface area contributed by atoms with E-state index < -0.39 is 0 Å². The van der Waals surface area contributed by atoms with E-state index in [1.807, 2.05) is 17.4 Å². The van der Waals surface area contributed by atoms with Crippen LogP contribution in [0.15, 0.2) is 233 Å². The molecule has 13 aromatic rings. The number of fused-ring (bicyclic) bond motifs is 9. The van der Waals surface area contributed by atoms with Gasteiger partial charge < -0.3 is 13.7 Å². The first-order chi connectivity index (χ1) is 31.7. The molecule has 3 heterocycles. The maximum atomic E-state index is 6.83. The highest BCUT2D eigenvalue weighted by molar-refractivity contribution is 7.26. The molecule has 0 aliphatic carbocycles. The van der Waals surface area contributed by atoms with Crippen molar-refractivity contribution in [3.8, 4) is 44.5 Å². The van der Waals surface area contributed by atoms with Gasteiger partial charge in [-0.2, -0.15) is 0 Å². The van der Waals surface area contributed by atoms with Gasteiger partial charge in [-0.3, -0.25) is 0 Å². The van der Waals surface area contributed by atoms with Crippen molar-refractivity contribution in [2.24, 2.45) is 0 Å². The minimum Gasteiger partial charge on any atom is -0.456 e. The van der Waals surface area contributed by atoms with Crippen molar-refractivity contribution in [1.82, 2.24) is 0 Å². The van der Waals surface area contributed by atoms with E-state index in [0.717, 1.165) is 83.2 Å². The Bertz CT molecular complexity index is 3890. The van der Waals surface area contributed by atoms with Gasteiger partial charge in [0.25, 0.3) is 0 Å². The molecular formula is C60H37NO2S. The van der Waals surface area contributed by atoms with Crippen LogP contribution in [-0.4, -0.2) is 0 Å². The number of furan rings is 2. The van der Waals surface area contributed by atoms with Crippen LogP contribution < -0.4 is 4.90 Å². The molecule has 0 atom stereocenters. The summed E-state index contributed by atoms with van der Waals surface area (Å²) in [7, 11) is 0. The lowest BCUT2D eigenvalue weighted by molar-refractivity contribution is 0.668. The Labute approximate surface area is 373 Å². The van der Waals surface area contributed by atoms with E-state index in [1.165, 1.54) is 42.4 Å². The molecule has 0 amide bonds. The smallest absolute Gasteiger partial charge is 0.137 e. The van der Waals surface area contributed by atoms with Crippen molar-refractivity contribution in [1.29, 1.82) is 0 Å². The molecule has 0 fully saturated rings. The molecule has 64 heavy (non-hydrogen) atoms. The van der Waals surface area contributed by atoms with E-state index in [4.69, 9.17) is 8.83 Å². The van der Waals surface area contributed by atoms with Gasteiger partial charge in [0.2, 0.25) is 0 Å². The maximum absolute atomic E-state index is 6.83. The fraction of sp³-hybridized carbons (Fsp3) is 0. The summed E-state index contributed by atoms with van der Waals surface area (Å²) in [5.41, 5.74) is 15.9. The summed E-state index contributed by atoms with van der Waals surface area (Å²) < 4.78 is 15.9. The van der Waals surface area contributed by atoms with Gasteiger partial charge in [-0.25, -0.2) is 0 Å². The topological polar surface area (TPSA) is 29.5 Å². The lowest BCUT2D eigenvalue weighted by Gasteiger charge is -2.28. The molecule has 0 aliphatic rings. The average molecular weight is 836 g/mol. The van der Waals surface area contributed by atoms with Crippen LogP contribution in [0, 0.1) is 0 Å². The van der Waals surface area contributed by atoms with Gasteiger partial charge >= 0.3 is 0 Å². The van der Waals surface area contributed by atoms with Crippen molar-refractivity contribution < 1.29 is 8.83 Å². The maximum Gasteiger partial charge on any atom is 0.137 e. The SMILES string of the molecule is c1ccc(-c2cc(-c3ccccc3)c3c(c2)oc2ccc(N(c4cccc5oc6ccccc6c45)c4ccc(-c5ccccc5)c5sc6cc(-c7ccccc7)ccc6c45)cc23)cc1. The van der Waals surface area contributed by atoms with E-state index in [-0.39, 0.29) is 0 Å². The molecule has 4 heteroatoms. The van der Waals surface area contributed by atoms with Crippen LogP contribution in [0.1, 0.15) is 0 Å². The zero-order valence-corrected chi connectivity index (χ0v) is 35.4. The zero-order chi connectivity index (χ0) is 42.1. The van der Waals surface area contributed by atoms with Gasteiger partial charge in [0.05, 0.1) is 16.8 Å². The molecule has 0 saturated carbocycles. The Morgan fingerprint density at radius 1 is 0.312 bits per heavy atom. The van der Waals surface area contributed by atoms with E-state index in [9.17, 15) is 0 Å². The number of para-hydroxylation sites is 1. The van der Waals surface area contributed by atoms with Gasteiger partial charge in [-0.05, 0) is 105 Å². The van der Waals surface area contributed by atoms with Crippen LogP contribution in [0.3, 0.4) is 0 Å². The largest absolute Gasteiger partial charge is 0.456 e. The summed E-state index contributed by atoms with van der Waals surface area (Å²) in [4.78, 5) is 2.46. The molecule has 0 N–H and O–H groups in total. The van der Waals surface area contributed by atoms with Gasteiger partial charge in [0.15, 0.2) is 0 Å². The molecule has 10 aromatic carbocycles. The summed E-state index contributed by atoms with van der Waals surface area (Å²) in [5.74, 6) is 0. The second-order valence-corrected chi connectivity index (χ2v) is 17.4. The van der Waals surface area contributed by atoms with Gasteiger partial charge in [-0.15, -0.1) is 11.3 Å². The number of hydrogen-bond acceptors (Lipinski definition) is 4. The average Bonchev–Trinajstić information content (AvgIpc) is 4.06. The van der Waals surface area contributed by atoms with E-state index in [1.54, 1.807) is 0 Å². The molecule has 3 aromatic heterocycles. The van der Waals surface area contributed by atoms with Crippen molar-refractivity contribution in [3.63, 3.8) is 0 Å². The lowest BCUT2D eigenvalue weighted by Crippen LogP contribution is -2.11. The summed E-state index contributed by atoms with van der Waals surface area (Å²) >= 11 is 1.87. The number of hydrogen-bond donors (Lipinski definition) is 0. The molecule has 0 spiro atoms. The molecule has 0 radical (unpaired) electrons. The quantitative estimate of drug-likeness (QED) is 0.160. The van der Waals surface area contributed by atoms with Crippen LogP contribution in [0.5, 0.6) is 0 Å². The van der Waals surface area contributed by atoms with Crippen LogP contribution in [0.25, 0.3) is 109 Å². The molecule has 0 saturated heterocycles. The highest BCUT2D eigenvalue weighted by Crippen LogP contribution is 2.52. The van der Waals surface area contributed by atoms with E-state index >= 15 is 0 Å². The summed E-state index contributed by atoms with van der Waals surface area (Å²) in [5, 5.41) is 6.72. The second kappa shape index (κ2) is 14.7. The summed E-state index contributed by atoms with van der Waals surface area (Å²) in [6.45, 7) is 0. The number of anilines is 3. The molecule has 300 valence electrons. The fourth-order valence-electron chi connectivity index (χ4n) is 9.73. The third-order valence-electron chi connectivity index (χ3n) is 12.7. The third-order valence-corrected chi connectivity index (χ3v) is 13.8. The predicted octanol–water partition coefficient (Wildman–Crippen LogP) is 18.0. The van der Waals surface area contributed by atoms with E-state index in [0.29, 0.717) is 0 Å². The Kier molecular flexibility index (Phi) is 8.40. The van der Waals surface area contributed by atoms with Crippen LogP contribution in [0.2, 0.25) is 0 Å². The highest BCUT2D eigenvalue weighted by atomic mass is 32.1. The third kappa shape index (κ3) is 5.88. The number of thiophene rings is 1. The summed E-state index contributed by atoms with van der Waals surface area (Å²) in [6.07, 6.45) is 0. The Hall–Kier alpha value is -8.18. The minimum atomic E-state index is 0.840. The lowest BCUT2D eigenvalue weighted by atomic mass is 9.94. The van der Waals surface area contributed by atoms with Gasteiger partial charge in [-0.1, -0.05) is 164 Å². The molecule has 0 unspecified atom stereocenters. The molecule has 0 aliphatic heterocycles. The van der Waals surface area contributed by atoms with Gasteiger partial charge in [0, 0.05) is 42.0 Å².